The number of carbonyl (C=O) groups excluding carboxylic acids is 1. The molecule has 1 amide bonds. The first-order valence-electron chi connectivity index (χ1n) is 5.98. The Balaban J connectivity index is 1.84. The third-order valence-electron chi connectivity index (χ3n) is 2.75. The number of pyridine rings is 1. The maximum absolute atomic E-state index is 12.9. The first-order valence-corrected chi connectivity index (χ1v) is 5.98. The van der Waals surface area contributed by atoms with Crippen molar-refractivity contribution in [3.63, 3.8) is 0 Å². The lowest BCUT2D eigenvalue weighted by atomic mass is 10.2. The number of nitrogens with zero attached hydrogens (tertiary/aromatic N) is 1. The number of halogens is 1. The second kappa shape index (κ2) is 5.64. The van der Waals surface area contributed by atoms with Gasteiger partial charge >= 0.3 is 5.97 Å². The van der Waals surface area contributed by atoms with E-state index in [4.69, 9.17) is 5.11 Å². The van der Waals surface area contributed by atoms with Gasteiger partial charge in [-0.25, -0.2) is 14.2 Å². The number of amides is 1. The van der Waals surface area contributed by atoms with Crippen molar-refractivity contribution in [1.82, 2.24) is 10.3 Å². The number of carbonyl (C=O) groups is 2. The van der Waals surface area contributed by atoms with Gasteiger partial charge in [-0.05, 0) is 18.9 Å². The minimum Gasteiger partial charge on any atom is -0.478 e. The zero-order valence-corrected chi connectivity index (χ0v) is 10.1. The van der Waals surface area contributed by atoms with Crippen LogP contribution in [0.25, 0.3) is 0 Å². The van der Waals surface area contributed by atoms with Crippen molar-refractivity contribution >= 4 is 17.7 Å². The number of nitrogens with one attached hydrogen (secondary N) is 2. The van der Waals surface area contributed by atoms with Crippen molar-refractivity contribution in [1.29, 1.82) is 0 Å². The molecule has 0 atom stereocenters. The summed E-state index contributed by atoms with van der Waals surface area (Å²) in [6.07, 6.45) is 2.81. The number of hydrogen-bond donors (Lipinski definition) is 3. The molecule has 1 fully saturated rings. The molecule has 0 unspecified atom stereocenters. The minimum atomic E-state index is -1.25. The number of aromatic carboxylic acids is 1. The molecular formula is C12H14FN3O3. The molecule has 19 heavy (non-hydrogen) atoms. The molecule has 0 aliphatic heterocycles. The maximum atomic E-state index is 12.9. The predicted molar refractivity (Wildman–Crippen MR) is 65.4 cm³/mol. The van der Waals surface area contributed by atoms with E-state index >= 15 is 0 Å². The summed E-state index contributed by atoms with van der Waals surface area (Å²) in [6.45, 7) is 0.699. The number of carboxylic acid groups (broad SMARTS) is 1. The van der Waals surface area contributed by atoms with Crippen molar-refractivity contribution < 1.29 is 19.1 Å². The number of aromatic nitrogens is 1. The van der Waals surface area contributed by atoms with Gasteiger partial charge in [0, 0.05) is 19.0 Å². The normalized spacial score (nSPS) is 13.9. The van der Waals surface area contributed by atoms with Crippen LogP contribution in [-0.4, -0.2) is 35.1 Å². The molecule has 1 aromatic heterocycles. The van der Waals surface area contributed by atoms with Crippen LogP contribution in [0.2, 0.25) is 0 Å². The van der Waals surface area contributed by atoms with E-state index in [0.29, 0.717) is 13.1 Å². The molecule has 6 nitrogen and oxygen atoms in total. The molecule has 0 aromatic carbocycles. The average Bonchev–Trinajstić information content (AvgIpc) is 3.19. The third kappa shape index (κ3) is 3.64. The molecule has 1 aromatic rings. The lowest BCUT2D eigenvalue weighted by Crippen LogP contribution is -2.30. The van der Waals surface area contributed by atoms with E-state index < -0.39 is 11.8 Å². The summed E-state index contributed by atoms with van der Waals surface area (Å²) in [5, 5.41) is 14.4. The van der Waals surface area contributed by atoms with Gasteiger partial charge < -0.3 is 15.7 Å². The smallest absolute Gasteiger partial charge is 0.339 e. The largest absolute Gasteiger partial charge is 0.478 e. The van der Waals surface area contributed by atoms with Gasteiger partial charge in [0.15, 0.2) is 0 Å². The fraction of sp³-hybridized carbons (Fsp3) is 0.417. The Hall–Kier alpha value is -2.18. The average molecular weight is 267 g/mol. The monoisotopic (exact) mass is 267 g/mol. The van der Waals surface area contributed by atoms with Crippen LogP contribution in [0.3, 0.4) is 0 Å². The SMILES string of the molecule is O=C(O)c1cc(F)cnc1NCCNC(=O)C1CC1. The molecule has 1 heterocycles. The Morgan fingerprint density at radius 3 is 2.79 bits per heavy atom. The van der Waals surface area contributed by atoms with Crippen molar-refractivity contribution in [3.8, 4) is 0 Å². The van der Waals surface area contributed by atoms with E-state index in [0.717, 1.165) is 25.1 Å². The Bertz CT molecular complexity index is 503. The lowest BCUT2D eigenvalue weighted by Gasteiger charge is -2.09. The van der Waals surface area contributed by atoms with E-state index in [1.54, 1.807) is 0 Å². The van der Waals surface area contributed by atoms with E-state index in [9.17, 15) is 14.0 Å². The Kier molecular flexibility index (Phi) is 3.94. The molecule has 102 valence electrons. The molecule has 0 bridgehead atoms. The van der Waals surface area contributed by atoms with Crippen LogP contribution in [0.15, 0.2) is 12.3 Å². The van der Waals surface area contributed by atoms with Gasteiger partial charge in [0.1, 0.15) is 17.2 Å². The van der Waals surface area contributed by atoms with Crippen molar-refractivity contribution in [2.75, 3.05) is 18.4 Å². The van der Waals surface area contributed by atoms with Gasteiger partial charge in [-0.15, -0.1) is 0 Å². The fourth-order valence-corrected chi connectivity index (χ4v) is 1.60. The van der Waals surface area contributed by atoms with Crippen LogP contribution < -0.4 is 10.6 Å². The van der Waals surface area contributed by atoms with Crippen molar-refractivity contribution in [2.24, 2.45) is 5.92 Å². The van der Waals surface area contributed by atoms with Crippen LogP contribution >= 0.6 is 0 Å². The summed E-state index contributed by atoms with van der Waals surface area (Å²) in [4.78, 5) is 25.9. The van der Waals surface area contributed by atoms with E-state index in [-0.39, 0.29) is 23.2 Å². The second-order valence-corrected chi connectivity index (χ2v) is 4.35. The Labute approximate surface area is 109 Å². The fourth-order valence-electron chi connectivity index (χ4n) is 1.60. The van der Waals surface area contributed by atoms with Gasteiger partial charge in [0.25, 0.3) is 0 Å². The lowest BCUT2D eigenvalue weighted by molar-refractivity contribution is -0.122. The van der Waals surface area contributed by atoms with Gasteiger partial charge in [-0.3, -0.25) is 4.79 Å². The molecular weight excluding hydrogens is 253 g/mol. The van der Waals surface area contributed by atoms with Gasteiger partial charge in [0.2, 0.25) is 5.91 Å². The van der Waals surface area contributed by atoms with Crippen LogP contribution in [0.4, 0.5) is 10.2 Å². The highest BCUT2D eigenvalue weighted by atomic mass is 19.1. The van der Waals surface area contributed by atoms with Crippen LogP contribution in [-0.2, 0) is 4.79 Å². The van der Waals surface area contributed by atoms with Crippen LogP contribution in [0.1, 0.15) is 23.2 Å². The number of carboxylic acids is 1. The van der Waals surface area contributed by atoms with Crippen LogP contribution in [0, 0.1) is 11.7 Å². The molecule has 2 rings (SSSR count). The highest BCUT2D eigenvalue weighted by Crippen LogP contribution is 2.28. The topological polar surface area (TPSA) is 91.3 Å². The standard InChI is InChI=1S/C12H14FN3O3/c13-8-5-9(12(18)19)10(16-6-8)14-3-4-15-11(17)7-1-2-7/h5-7H,1-4H2,(H,14,16)(H,15,17)(H,18,19). The molecule has 0 saturated heterocycles. The Morgan fingerprint density at radius 2 is 2.16 bits per heavy atom. The maximum Gasteiger partial charge on any atom is 0.339 e. The first-order chi connectivity index (χ1) is 9.08. The predicted octanol–water partition coefficient (Wildman–Crippen LogP) is 0.857. The summed E-state index contributed by atoms with van der Waals surface area (Å²) in [6, 6.07) is 0.903. The summed E-state index contributed by atoms with van der Waals surface area (Å²) in [5.74, 6) is -1.71. The van der Waals surface area contributed by atoms with Gasteiger partial charge in [-0.1, -0.05) is 0 Å². The second-order valence-electron chi connectivity index (χ2n) is 4.35. The number of hydrogen-bond acceptors (Lipinski definition) is 4. The van der Waals surface area contributed by atoms with Gasteiger partial charge in [0.05, 0.1) is 6.20 Å². The number of anilines is 1. The van der Waals surface area contributed by atoms with Crippen molar-refractivity contribution in [2.45, 2.75) is 12.8 Å². The molecule has 1 saturated carbocycles. The quantitative estimate of drug-likeness (QED) is 0.665. The first kappa shape index (κ1) is 13.3. The zero-order valence-electron chi connectivity index (χ0n) is 10.1. The van der Waals surface area contributed by atoms with E-state index in [1.807, 2.05) is 0 Å². The minimum absolute atomic E-state index is 0.0207. The van der Waals surface area contributed by atoms with Crippen LogP contribution in [0.5, 0.6) is 0 Å². The summed E-state index contributed by atoms with van der Waals surface area (Å²) in [5.41, 5.74) is -0.228. The van der Waals surface area contributed by atoms with E-state index in [1.165, 1.54) is 0 Å². The summed E-state index contributed by atoms with van der Waals surface area (Å²) < 4.78 is 12.9. The zero-order chi connectivity index (χ0) is 13.8. The van der Waals surface area contributed by atoms with Crippen molar-refractivity contribution in [3.05, 3.63) is 23.6 Å². The highest BCUT2D eigenvalue weighted by Gasteiger charge is 2.28. The summed E-state index contributed by atoms with van der Waals surface area (Å²) in [7, 11) is 0. The molecule has 3 N–H and O–H groups in total. The molecule has 1 aliphatic carbocycles. The molecule has 7 heteroatoms. The molecule has 0 radical (unpaired) electrons. The van der Waals surface area contributed by atoms with E-state index in [2.05, 4.69) is 15.6 Å². The van der Waals surface area contributed by atoms with Gasteiger partial charge in [-0.2, -0.15) is 0 Å². The molecule has 1 aliphatic rings. The molecule has 0 spiro atoms. The summed E-state index contributed by atoms with van der Waals surface area (Å²) >= 11 is 0. The number of rotatable bonds is 6. The Morgan fingerprint density at radius 1 is 1.42 bits per heavy atom. The highest BCUT2D eigenvalue weighted by molar-refractivity contribution is 5.93. The third-order valence-corrected chi connectivity index (χ3v) is 2.75.